The lowest BCUT2D eigenvalue weighted by Crippen LogP contribution is -2.39. The smallest absolute Gasteiger partial charge is 0.0670 e. The minimum Gasteiger partial charge on any atom is -0.396 e. The van der Waals surface area contributed by atoms with Crippen LogP contribution in [-0.2, 0) is 0 Å². The number of β-amino-alcohol motifs (C(OH)–C–C–N with tert-alkyl or cyclic N) is 1. The Labute approximate surface area is 92.4 Å². The Kier molecular flexibility index (Phi) is 5.91. The van der Waals surface area contributed by atoms with Crippen LogP contribution in [0.5, 0.6) is 0 Å². The van der Waals surface area contributed by atoms with Gasteiger partial charge in [-0.3, -0.25) is 0 Å². The van der Waals surface area contributed by atoms with E-state index in [1.165, 1.54) is 0 Å². The molecule has 0 radical (unpaired) electrons. The molecule has 0 amide bonds. The molecule has 3 nitrogen and oxygen atoms in total. The molecule has 0 aliphatic carbocycles. The summed E-state index contributed by atoms with van der Waals surface area (Å²) in [6.07, 6.45) is 5.43. The van der Waals surface area contributed by atoms with Crippen LogP contribution in [0.2, 0.25) is 0 Å². The summed E-state index contributed by atoms with van der Waals surface area (Å²) in [5.41, 5.74) is 0. The topological polar surface area (TPSA) is 43.7 Å². The number of likely N-dealkylation sites (tertiary alicyclic amines) is 1. The highest BCUT2D eigenvalue weighted by Crippen LogP contribution is 2.16. The molecule has 1 saturated heterocycles. The number of aliphatic hydroxyl groups excluding tert-OH is 2. The van der Waals surface area contributed by atoms with Gasteiger partial charge in [0.25, 0.3) is 0 Å². The number of hydrogen-bond donors (Lipinski definition) is 2. The monoisotopic (exact) mass is 213 g/mol. The predicted octanol–water partition coefficient (Wildman–Crippen LogP) is 1.02. The zero-order valence-electron chi connectivity index (χ0n) is 9.44. The van der Waals surface area contributed by atoms with Crippen molar-refractivity contribution < 1.29 is 10.2 Å². The number of allylic oxidation sites excluding steroid dienone is 1. The van der Waals surface area contributed by atoms with E-state index in [1.54, 1.807) is 0 Å². The SMILES string of the molecule is C=CCCC(O)CN1CCC(CO)CC1. The molecule has 2 N–H and O–H groups in total. The van der Waals surface area contributed by atoms with E-state index in [9.17, 15) is 5.11 Å². The molecule has 15 heavy (non-hydrogen) atoms. The summed E-state index contributed by atoms with van der Waals surface area (Å²) in [7, 11) is 0. The fourth-order valence-electron chi connectivity index (χ4n) is 2.05. The maximum atomic E-state index is 9.72. The van der Waals surface area contributed by atoms with Gasteiger partial charge in [0.15, 0.2) is 0 Å². The summed E-state index contributed by atoms with van der Waals surface area (Å²) < 4.78 is 0. The molecule has 0 saturated carbocycles. The molecule has 3 heteroatoms. The summed E-state index contributed by atoms with van der Waals surface area (Å²) in [5, 5.41) is 18.7. The molecule has 88 valence electrons. The highest BCUT2D eigenvalue weighted by atomic mass is 16.3. The van der Waals surface area contributed by atoms with Crippen LogP contribution in [0.15, 0.2) is 12.7 Å². The Morgan fingerprint density at radius 3 is 2.60 bits per heavy atom. The lowest BCUT2D eigenvalue weighted by Gasteiger charge is -2.32. The van der Waals surface area contributed by atoms with Crippen LogP contribution in [0.25, 0.3) is 0 Å². The van der Waals surface area contributed by atoms with Crippen LogP contribution >= 0.6 is 0 Å². The molecular formula is C12H23NO2. The molecule has 0 aromatic carbocycles. The molecule has 1 fully saturated rings. The van der Waals surface area contributed by atoms with Crippen LogP contribution in [0.4, 0.5) is 0 Å². The fraction of sp³-hybridized carbons (Fsp3) is 0.833. The van der Waals surface area contributed by atoms with Crippen molar-refractivity contribution in [2.75, 3.05) is 26.2 Å². The van der Waals surface area contributed by atoms with E-state index < -0.39 is 0 Å². The maximum Gasteiger partial charge on any atom is 0.0670 e. The van der Waals surface area contributed by atoms with Gasteiger partial charge in [0.05, 0.1) is 6.10 Å². The Bertz CT molecular complexity index is 176. The van der Waals surface area contributed by atoms with Gasteiger partial charge in [-0.1, -0.05) is 6.08 Å². The van der Waals surface area contributed by atoms with Gasteiger partial charge in [-0.05, 0) is 44.7 Å². The van der Waals surface area contributed by atoms with Crippen molar-refractivity contribution in [2.24, 2.45) is 5.92 Å². The third kappa shape index (κ3) is 4.78. The molecule has 1 aliphatic rings. The van der Waals surface area contributed by atoms with Crippen molar-refractivity contribution in [3.8, 4) is 0 Å². The van der Waals surface area contributed by atoms with Gasteiger partial charge in [-0.2, -0.15) is 0 Å². The normalized spacial score (nSPS) is 21.5. The van der Waals surface area contributed by atoms with Crippen LogP contribution < -0.4 is 0 Å². The lowest BCUT2D eigenvalue weighted by atomic mass is 9.97. The van der Waals surface area contributed by atoms with Gasteiger partial charge in [0, 0.05) is 13.2 Å². The first-order valence-electron chi connectivity index (χ1n) is 5.88. The first-order chi connectivity index (χ1) is 7.26. The van der Waals surface area contributed by atoms with E-state index in [2.05, 4.69) is 11.5 Å². The van der Waals surface area contributed by atoms with Crippen LogP contribution in [0, 0.1) is 5.92 Å². The van der Waals surface area contributed by atoms with Gasteiger partial charge in [0.1, 0.15) is 0 Å². The second kappa shape index (κ2) is 6.99. The largest absolute Gasteiger partial charge is 0.396 e. The first-order valence-corrected chi connectivity index (χ1v) is 5.88. The summed E-state index contributed by atoms with van der Waals surface area (Å²) in [5.74, 6) is 0.478. The van der Waals surface area contributed by atoms with Crippen molar-refractivity contribution in [1.82, 2.24) is 4.90 Å². The molecule has 1 rings (SSSR count). The van der Waals surface area contributed by atoms with Gasteiger partial charge in [-0.25, -0.2) is 0 Å². The zero-order chi connectivity index (χ0) is 11.1. The molecule has 0 spiro atoms. The molecule has 0 bridgehead atoms. The minimum atomic E-state index is -0.228. The van der Waals surface area contributed by atoms with E-state index in [0.29, 0.717) is 12.5 Å². The van der Waals surface area contributed by atoms with Crippen LogP contribution in [0.1, 0.15) is 25.7 Å². The fourth-order valence-corrected chi connectivity index (χ4v) is 2.05. The molecule has 1 heterocycles. The van der Waals surface area contributed by atoms with Crippen molar-refractivity contribution >= 4 is 0 Å². The predicted molar refractivity (Wildman–Crippen MR) is 61.7 cm³/mol. The third-order valence-electron chi connectivity index (χ3n) is 3.14. The average molecular weight is 213 g/mol. The molecular weight excluding hydrogens is 190 g/mol. The minimum absolute atomic E-state index is 0.228. The van der Waals surface area contributed by atoms with E-state index in [1.807, 2.05) is 6.08 Å². The maximum absolute atomic E-state index is 9.72. The van der Waals surface area contributed by atoms with Crippen molar-refractivity contribution in [3.63, 3.8) is 0 Å². The van der Waals surface area contributed by atoms with Gasteiger partial charge in [-0.15, -0.1) is 6.58 Å². The molecule has 0 aromatic rings. The second-order valence-electron chi connectivity index (χ2n) is 4.45. The molecule has 1 aliphatic heterocycles. The summed E-state index contributed by atoms with van der Waals surface area (Å²) in [4.78, 5) is 2.29. The van der Waals surface area contributed by atoms with Gasteiger partial charge in [0.2, 0.25) is 0 Å². The number of rotatable bonds is 6. The van der Waals surface area contributed by atoms with Gasteiger partial charge < -0.3 is 15.1 Å². The van der Waals surface area contributed by atoms with E-state index >= 15 is 0 Å². The van der Waals surface area contributed by atoms with E-state index in [-0.39, 0.29) is 6.10 Å². The van der Waals surface area contributed by atoms with Crippen molar-refractivity contribution in [3.05, 3.63) is 12.7 Å². The van der Waals surface area contributed by atoms with E-state index in [4.69, 9.17) is 5.11 Å². The van der Waals surface area contributed by atoms with Crippen LogP contribution in [-0.4, -0.2) is 47.5 Å². The number of aliphatic hydroxyl groups is 2. The first kappa shape index (κ1) is 12.7. The highest BCUT2D eigenvalue weighted by Gasteiger charge is 2.19. The molecule has 1 unspecified atom stereocenters. The molecule has 1 atom stereocenters. The second-order valence-corrected chi connectivity index (χ2v) is 4.45. The number of hydrogen-bond acceptors (Lipinski definition) is 3. The van der Waals surface area contributed by atoms with Crippen LogP contribution in [0.3, 0.4) is 0 Å². The third-order valence-corrected chi connectivity index (χ3v) is 3.14. The quantitative estimate of drug-likeness (QED) is 0.647. The van der Waals surface area contributed by atoms with Crippen molar-refractivity contribution in [2.45, 2.75) is 31.8 Å². The average Bonchev–Trinajstić information content (AvgIpc) is 2.27. The van der Waals surface area contributed by atoms with Gasteiger partial charge >= 0.3 is 0 Å². The summed E-state index contributed by atoms with van der Waals surface area (Å²) in [6.45, 7) is 6.75. The Morgan fingerprint density at radius 1 is 1.40 bits per heavy atom. The summed E-state index contributed by atoms with van der Waals surface area (Å²) in [6, 6.07) is 0. The Balaban J connectivity index is 2.14. The Morgan fingerprint density at radius 2 is 2.07 bits per heavy atom. The lowest BCUT2D eigenvalue weighted by molar-refractivity contribution is 0.0728. The molecule has 0 aromatic heterocycles. The standard InChI is InChI=1S/C12H23NO2/c1-2-3-4-12(15)9-13-7-5-11(10-14)6-8-13/h2,11-12,14-15H,1,3-10H2. The zero-order valence-corrected chi connectivity index (χ0v) is 9.44. The number of nitrogens with zero attached hydrogens (tertiary/aromatic N) is 1. The summed E-state index contributed by atoms with van der Waals surface area (Å²) >= 11 is 0. The highest BCUT2D eigenvalue weighted by molar-refractivity contribution is 4.75. The van der Waals surface area contributed by atoms with E-state index in [0.717, 1.165) is 45.3 Å². The van der Waals surface area contributed by atoms with Crippen molar-refractivity contribution in [1.29, 1.82) is 0 Å². The Hall–Kier alpha value is -0.380. The number of piperidine rings is 1.